The van der Waals surface area contributed by atoms with Gasteiger partial charge in [0.2, 0.25) is 5.91 Å². The molecule has 0 unspecified atom stereocenters. The average Bonchev–Trinajstić information content (AvgIpc) is 2.66. The summed E-state index contributed by atoms with van der Waals surface area (Å²) in [6.07, 6.45) is 3.75. The van der Waals surface area contributed by atoms with E-state index < -0.39 is 11.9 Å². The van der Waals surface area contributed by atoms with E-state index in [1.54, 1.807) is 12.4 Å². The van der Waals surface area contributed by atoms with Crippen molar-refractivity contribution in [2.24, 2.45) is 11.8 Å². The summed E-state index contributed by atoms with van der Waals surface area (Å²) in [5.41, 5.74) is 3.28. The first-order chi connectivity index (χ1) is 13.0. The summed E-state index contributed by atoms with van der Waals surface area (Å²) in [7, 11) is 0. The van der Waals surface area contributed by atoms with E-state index >= 15 is 0 Å². The normalized spacial score (nSPS) is 20.2. The summed E-state index contributed by atoms with van der Waals surface area (Å²) in [5, 5.41) is 12.4. The number of aromatic nitrogens is 1. The minimum atomic E-state index is -0.837. The number of carboxylic acid groups (broad SMARTS) is 1. The van der Waals surface area contributed by atoms with E-state index in [0.29, 0.717) is 32.6 Å². The third kappa shape index (κ3) is 5.37. The maximum absolute atomic E-state index is 12.6. The van der Waals surface area contributed by atoms with Crippen molar-refractivity contribution >= 4 is 11.9 Å². The standard InChI is InChI=1S/C21H25N3O3/c1-15-3-2-4-17(9-15)12-24-13-18(10-19(14-24)21(26)27)20(25)23-11-16-5-7-22-8-6-16/h2-9,18-19H,10-14H2,1H3,(H,23,25)(H,26,27)/t18-,19+/m1/s1. The number of aryl methyl sites for hydroxylation is 1. The maximum Gasteiger partial charge on any atom is 0.307 e. The van der Waals surface area contributed by atoms with E-state index in [1.165, 1.54) is 5.56 Å². The molecule has 2 atom stereocenters. The molecule has 0 bridgehead atoms. The molecule has 6 heteroatoms. The molecule has 1 aromatic carbocycles. The third-order valence-corrected chi connectivity index (χ3v) is 4.95. The predicted octanol–water partition coefficient (Wildman–Crippen LogP) is 2.23. The van der Waals surface area contributed by atoms with Crippen LogP contribution in [0.4, 0.5) is 0 Å². The molecule has 27 heavy (non-hydrogen) atoms. The largest absolute Gasteiger partial charge is 0.481 e. The number of rotatable bonds is 6. The molecular weight excluding hydrogens is 342 g/mol. The van der Waals surface area contributed by atoms with Crippen molar-refractivity contribution in [3.8, 4) is 0 Å². The molecule has 142 valence electrons. The van der Waals surface area contributed by atoms with Gasteiger partial charge in [-0.2, -0.15) is 0 Å². The summed E-state index contributed by atoms with van der Waals surface area (Å²) < 4.78 is 0. The molecule has 3 rings (SSSR count). The summed E-state index contributed by atoms with van der Waals surface area (Å²) in [6.45, 7) is 4.15. The molecule has 1 aliphatic rings. The molecule has 2 heterocycles. The Kier molecular flexibility index (Phi) is 6.19. The third-order valence-electron chi connectivity index (χ3n) is 4.95. The van der Waals surface area contributed by atoms with Crippen LogP contribution in [-0.2, 0) is 22.7 Å². The quantitative estimate of drug-likeness (QED) is 0.818. The highest BCUT2D eigenvalue weighted by Crippen LogP contribution is 2.24. The number of nitrogens with zero attached hydrogens (tertiary/aromatic N) is 2. The zero-order valence-electron chi connectivity index (χ0n) is 15.5. The number of piperidine rings is 1. The van der Waals surface area contributed by atoms with Crippen molar-refractivity contribution < 1.29 is 14.7 Å². The van der Waals surface area contributed by atoms with Crippen LogP contribution in [0.1, 0.15) is 23.1 Å². The Hall–Kier alpha value is -2.73. The molecule has 1 aliphatic heterocycles. The van der Waals surface area contributed by atoms with Gasteiger partial charge in [-0.15, -0.1) is 0 Å². The Bertz CT molecular complexity index is 794. The highest BCUT2D eigenvalue weighted by atomic mass is 16.4. The summed E-state index contributed by atoms with van der Waals surface area (Å²) in [4.78, 5) is 30.3. The van der Waals surface area contributed by atoms with Gasteiger partial charge in [-0.3, -0.25) is 19.5 Å². The zero-order chi connectivity index (χ0) is 19.2. The number of amides is 1. The van der Waals surface area contributed by atoms with Crippen LogP contribution in [0.3, 0.4) is 0 Å². The number of hydrogen-bond donors (Lipinski definition) is 2. The molecule has 6 nitrogen and oxygen atoms in total. The van der Waals surface area contributed by atoms with Crippen LogP contribution in [0.5, 0.6) is 0 Å². The number of carbonyl (C=O) groups excluding carboxylic acids is 1. The molecule has 2 N–H and O–H groups in total. The van der Waals surface area contributed by atoms with Gasteiger partial charge in [0.05, 0.1) is 11.8 Å². The smallest absolute Gasteiger partial charge is 0.307 e. The molecular formula is C21H25N3O3. The highest BCUT2D eigenvalue weighted by molar-refractivity contribution is 5.80. The van der Waals surface area contributed by atoms with Gasteiger partial charge in [0.15, 0.2) is 0 Å². The van der Waals surface area contributed by atoms with Gasteiger partial charge in [0, 0.05) is 38.6 Å². The number of carbonyl (C=O) groups is 2. The predicted molar refractivity (Wildman–Crippen MR) is 102 cm³/mol. The van der Waals surface area contributed by atoms with E-state index in [1.807, 2.05) is 37.3 Å². The second-order valence-corrected chi connectivity index (χ2v) is 7.22. The van der Waals surface area contributed by atoms with Gasteiger partial charge < -0.3 is 10.4 Å². The number of hydrogen-bond acceptors (Lipinski definition) is 4. The van der Waals surface area contributed by atoms with Crippen molar-refractivity contribution in [2.75, 3.05) is 13.1 Å². The van der Waals surface area contributed by atoms with E-state index in [-0.39, 0.29) is 11.8 Å². The van der Waals surface area contributed by atoms with Crippen LogP contribution in [-0.4, -0.2) is 40.0 Å². The SMILES string of the molecule is Cc1cccc(CN2C[C@@H](C(=O)O)C[C@@H](C(=O)NCc3ccncc3)C2)c1. The molecule has 1 aromatic heterocycles. The number of likely N-dealkylation sites (tertiary alicyclic amines) is 1. The number of benzene rings is 1. The highest BCUT2D eigenvalue weighted by Gasteiger charge is 2.35. The molecule has 0 radical (unpaired) electrons. The molecule has 0 saturated carbocycles. The Balaban J connectivity index is 1.64. The number of aliphatic carboxylic acids is 1. The minimum absolute atomic E-state index is 0.0907. The second kappa shape index (κ2) is 8.77. The fraction of sp³-hybridized carbons (Fsp3) is 0.381. The van der Waals surface area contributed by atoms with Crippen molar-refractivity contribution in [3.05, 3.63) is 65.5 Å². The summed E-state index contributed by atoms with van der Waals surface area (Å²) >= 11 is 0. The summed E-state index contributed by atoms with van der Waals surface area (Å²) in [5.74, 6) is -1.78. The van der Waals surface area contributed by atoms with E-state index in [2.05, 4.69) is 21.3 Å². The van der Waals surface area contributed by atoms with Gasteiger partial charge in [-0.1, -0.05) is 29.8 Å². The van der Waals surface area contributed by atoms with Crippen molar-refractivity contribution in [1.29, 1.82) is 0 Å². The first kappa shape index (κ1) is 19.0. The summed E-state index contributed by atoms with van der Waals surface area (Å²) in [6, 6.07) is 11.9. The van der Waals surface area contributed by atoms with Crippen molar-refractivity contribution in [3.63, 3.8) is 0 Å². The first-order valence-electron chi connectivity index (χ1n) is 9.18. The van der Waals surface area contributed by atoms with E-state index in [0.717, 1.165) is 11.1 Å². The number of pyridine rings is 1. The Morgan fingerprint density at radius 3 is 2.59 bits per heavy atom. The molecule has 1 fully saturated rings. The van der Waals surface area contributed by atoms with Crippen molar-refractivity contribution in [2.45, 2.75) is 26.4 Å². The minimum Gasteiger partial charge on any atom is -0.481 e. The van der Waals surface area contributed by atoms with Crippen LogP contribution in [0.2, 0.25) is 0 Å². The molecule has 2 aromatic rings. The van der Waals surface area contributed by atoms with Crippen LogP contribution in [0.25, 0.3) is 0 Å². The molecule has 0 spiro atoms. The molecule has 1 saturated heterocycles. The van der Waals surface area contributed by atoms with Gasteiger partial charge in [-0.05, 0) is 36.6 Å². The van der Waals surface area contributed by atoms with Crippen LogP contribution in [0.15, 0.2) is 48.8 Å². The lowest BCUT2D eigenvalue weighted by Gasteiger charge is -2.35. The molecule has 1 amide bonds. The van der Waals surface area contributed by atoms with Crippen molar-refractivity contribution in [1.82, 2.24) is 15.2 Å². The number of nitrogens with one attached hydrogen (secondary N) is 1. The Morgan fingerprint density at radius 1 is 1.15 bits per heavy atom. The first-order valence-corrected chi connectivity index (χ1v) is 9.18. The second-order valence-electron chi connectivity index (χ2n) is 7.22. The number of carboxylic acids is 1. The van der Waals surface area contributed by atoms with Crippen LogP contribution < -0.4 is 5.32 Å². The Labute approximate surface area is 159 Å². The van der Waals surface area contributed by atoms with E-state index in [4.69, 9.17) is 0 Å². The zero-order valence-corrected chi connectivity index (χ0v) is 15.5. The van der Waals surface area contributed by atoms with Crippen LogP contribution in [0, 0.1) is 18.8 Å². The fourth-order valence-corrected chi connectivity index (χ4v) is 3.59. The van der Waals surface area contributed by atoms with E-state index in [9.17, 15) is 14.7 Å². The maximum atomic E-state index is 12.6. The fourth-order valence-electron chi connectivity index (χ4n) is 3.59. The molecule has 0 aliphatic carbocycles. The average molecular weight is 367 g/mol. The Morgan fingerprint density at radius 2 is 1.89 bits per heavy atom. The van der Waals surface area contributed by atoms with Gasteiger partial charge in [0.25, 0.3) is 0 Å². The van der Waals surface area contributed by atoms with Gasteiger partial charge >= 0.3 is 5.97 Å². The lowest BCUT2D eigenvalue weighted by atomic mass is 9.88. The monoisotopic (exact) mass is 367 g/mol. The van der Waals surface area contributed by atoms with Crippen LogP contribution >= 0.6 is 0 Å². The lowest BCUT2D eigenvalue weighted by molar-refractivity contribution is -0.145. The van der Waals surface area contributed by atoms with Gasteiger partial charge in [-0.25, -0.2) is 0 Å². The van der Waals surface area contributed by atoms with Gasteiger partial charge in [0.1, 0.15) is 0 Å². The lowest BCUT2D eigenvalue weighted by Crippen LogP contribution is -2.47. The topological polar surface area (TPSA) is 82.5 Å².